The van der Waals surface area contributed by atoms with Crippen molar-refractivity contribution in [2.75, 3.05) is 0 Å². The summed E-state index contributed by atoms with van der Waals surface area (Å²) in [6, 6.07) is 11.4. The number of hydrogen-bond donors (Lipinski definition) is 2. The molecule has 3 rings (SSSR count). The van der Waals surface area contributed by atoms with Crippen LogP contribution in [0, 0.1) is 0 Å². The Balaban J connectivity index is 1.81. The van der Waals surface area contributed by atoms with E-state index in [0.29, 0.717) is 0 Å². The highest BCUT2D eigenvalue weighted by Crippen LogP contribution is 2.18. The number of carboxylic acid groups (broad SMARTS) is 1. The van der Waals surface area contributed by atoms with Gasteiger partial charge in [-0.1, -0.05) is 12.1 Å². The predicted octanol–water partition coefficient (Wildman–Crippen LogP) is 2.40. The van der Waals surface area contributed by atoms with E-state index in [-0.39, 0.29) is 17.3 Å². The summed E-state index contributed by atoms with van der Waals surface area (Å²) in [6.07, 6.45) is 5.15. The molecule has 2 heterocycles. The summed E-state index contributed by atoms with van der Waals surface area (Å²) in [5.41, 5.74) is 1.81. The molecule has 0 bridgehead atoms. The number of aromatic carboxylic acids is 1. The van der Waals surface area contributed by atoms with E-state index < -0.39 is 11.9 Å². The molecule has 128 valence electrons. The van der Waals surface area contributed by atoms with Crippen LogP contribution < -0.4 is 5.32 Å². The average molecular weight is 338 g/mol. The molecule has 0 spiro atoms. The van der Waals surface area contributed by atoms with Crippen molar-refractivity contribution in [3.05, 3.63) is 71.8 Å². The number of aryl methyl sites for hydroxylation is 1. The van der Waals surface area contributed by atoms with Gasteiger partial charge in [0.2, 0.25) is 0 Å². The fourth-order valence-corrected chi connectivity index (χ4v) is 2.68. The van der Waals surface area contributed by atoms with Crippen molar-refractivity contribution in [1.82, 2.24) is 19.7 Å². The maximum absolute atomic E-state index is 12.4. The Morgan fingerprint density at radius 3 is 2.60 bits per heavy atom. The van der Waals surface area contributed by atoms with Crippen LogP contribution in [0.1, 0.15) is 39.4 Å². The highest BCUT2D eigenvalue weighted by Gasteiger charge is 2.22. The number of aromatic nitrogens is 3. The number of rotatable bonds is 5. The minimum atomic E-state index is -1.19. The van der Waals surface area contributed by atoms with Gasteiger partial charge >= 0.3 is 5.97 Å². The number of benzene rings is 1. The van der Waals surface area contributed by atoms with Crippen molar-refractivity contribution in [1.29, 1.82) is 0 Å². The molecule has 1 aromatic carbocycles. The van der Waals surface area contributed by atoms with Crippen molar-refractivity contribution >= 4 is 11.9 Å². The van der Waals surface area contributed by atoms with Crippen molar-refractivity contribution in [3.63, 3.8) is 0 Å². The van der Waals surface area contributed by atoms with Gasteiger partial charge in [0.05, 0.1) is 17.8 Å². The summed E-state index contributed by atoms with van der Waals surface area (Å²) in [6.45, 7) is 1.85. The average Bonchev–Trinajstić information content (AvgIpc) is 3.24. The summed E-state index contributed by atoms with van der Waals surface area (Å²) in [5.74, 6) is -1.66. The molecule has 0 fully saturated rings. The van der Waals surface area contributed by atoms with E-state index in [9.17, 15) is 14.7 Å². The van der Waals surface area contributed by atoms with Crippen LogP contribution >= 0.6 is 0 Å². The van der Waals surface area contributed by atoms with Gasteiger partial charge in [0.1, 0.15) is 0 Å². The second-order valence-corrected chi connectivity index (χ2v) is 5.72. The summed E-state index contributed by atoms with van der Waals surface area (Å²) in [5, 5.41) is 15.9. The second kappa shape index (κ2) is 6.64. The first kappa shape index (κ1) is 16.5. The van der Waals surface area contributed by atoms with Crippen molar-refractivity contribution in [3.8, 4) is 5.69 Å². The third-order valence-corrected chi connectivity index (χ3v) is 4.01. The zero-order valence-corrected chi connectivity index (χ0v) is 13.9. The zero-order chi connectivity index (χ0) is 18.0. The van der Waals surface area contributed by atoms with Gasteiger partial charge in [-0.2, -0.15) is 5.10 Å². The molecule has 7 nitrogen and oxygen atoms in total. The normalized spacial score (nSPS) is 11.9. The molecule has 7 heteroatoms. The molecule has 1 amide bonds. The Morgan fingerprint density at radius 1 is 1.20 bits per heavy atom. The Hall–Kier alpha value is -3.35. The number of carbonyl (C=O) groups excluding carboxylic acids is 1. The second-order valence-electron chi connectivity index (χ2n) is 5.72. The number of nitrogens with zero attached hydrogens (tertiary/aromatic N) is 3. The third kappa shape index (κ3) is 3.30. The number of hydrogen-bond acceptors (Lipinski definition) is 3. The first-order valence-corrected chi connectivity index (χ1v) is 7.77. The lowest BCUT2D eigenvalue weighted by Gasteiger charge is -2.15. The Labute approximate surface area is 144 Å². The van der Waals surface area contributed by atoms with E-state index in [1.807, 2.05) is 60.3 Å². The zero-order valence-electron chi connectivity index (χ0n) is 13.9. The number of carbonyl (C=O) groups is 2. The lowest BCUT2D eigenvalue weighted by Crippen LogP contribution is -2.28. The number of carboxylic acids is 1. The maximum Gasteiger partial charge on any atom is 0.354 e. The molecule has 0 aliphatic heterocycles. The van der Waals surface area contributed by atoms with Gasteiger partial charge in [-0.25, -0.2) is 4.79 Å². The lowest BCUT2D eigenvalue weighted by atomic mass is 10.1. The van der Waals surface area contributed by atoms with Gasteiger partial charge in [0.25, 0.3) is 5.91 Å². The predicted molar refractivity (Wildman–Crippen MR) is 91.8 cm³/mol. The van der Waals surface area contributed by atoms with Gasteiger partial charge < -0.3 is 15.0 Å². The quantitative estimate of drug-likeness (QED) is 0.747. The molecule has 1 atom stereocenters. The third-order valence-electron chi connectivity index (χ3n) is 4.01. The van der Waals surface area contributed by atoms with Crippen LogP contribution in [-0.2, 0) is 7.05 Å². The van der Waals surface area contributed by atoms with Gasteiger partial charge in [0, 0.05) is 25.1 Å². The van der Waals surface area contributed by atoms with E-state index in [1.54, 1.807) is 0 Å². The summed E-state index contributed by atoms with van der Waals surface area (Å²) in [4.78, 5) is 23.7. The molecular weight excluding hydrogens is 320 g/mol. The minimum absolute atomic E-state index is 0.0448. The minimum Gasteiger partial charge on any atom is -0.477 e. The Kier molecular flexibility index (Phi) is 4.38. The molecular formula is C18H18N4O3. The molecule has 0 aliphatic carbocycles. The molecule has 25 heavy (non-hydrogen) atoms. The fourth-order valence-electron chi connectivity index (χ4n) is 2.68. The van der Waals surface area contributed by atoms with E-state index in [0.717, 1.165) is 11.3 Å². The lowest BCUT2D eigenvalue weighted by molar-refractivity contribution is 0.0678. The first-order chi connectivity index (χ1) is 12.0. The number of amides is 1. The topological polar surface area (TPSA) is 89.2 Å². The van der Waals surface area contributed by atoms with Gasteiger partial charge in [0.15, 0.2) is 5.69 Å². The van der Waals surface area contributed by atoms with Gasteiger partial charge in [-0.3, -0.25) is 9.48 Å². The Bertz CT molecular complexity index is 912. The molecule has 3 aromatic rings. The van der Waals surface area contributed by atoms with Crippen LogP contribution in [0.15, 0.2) is 55.0 Å². The van der Waals surface area contributed by atoms with Crippen LogP contribution in [0.5, 0.6) is 0 Å². The first-order valence-electron chi connectivity index (χ1n) is 7.77. The summed E-state index contributed by atoms with van der Waals surface area (Å²) in [7, 11) is 1.49. The van der Waals surface area contributed by atoms with Gasteiger partial charge in [-0.15, -0.1) is 0 Å². The van der Waals surface area contributed by atoms with E-state index >= 15 is 0 Å². The molecule has 1 unspecified atom stereocenters. The van der Waals surface area contributed by atoms with Crippen LogP contribution in [0.3, 0.4) is 0 Å². The van der Waals surface area contributed by atoms with Crippen molar-refractivity contribution in [2.45, 2.75) is 13.0 Å². The molecule has 0 saturated heterocycles. The number of nitrogens with one attached hydrogen (secondary N) is 1. The van der Waals surface area contributed by atoms with Crippen LogP contribution in [-0.4, -0.2) is 31.3 Å². The van der Waals surface area contributed by atoms with Crippen LogP contribution in [0.2, 0.25) is 0 Å². The monoisotopic (exact) mass is 338 g/mol. The highest BCUT2D eigenvalue weighted by atomic mass is 16.4. The Morgan fingerprint density at radius 2 is 1.92 bits per heavy atom. The van der Waals surface area contributed by atoms with Crippen molar-refractivity contribution in [2.24, 2.45) is 7.05 Å². The smallest absolute Gasteiger partial charge is 0.354 e. The molecule has 2 N–H and O–H groups in total. The SMILES string of the molecule is CC(NC(=O)c1cnn(C)c1C(=O)O)c1cccc(-n2cccc2)c1. The standard InChI is InChI=1S/C18H18N4O3/c1-12(13-6-5-7-14(10-13)22-8-3-4-9-22)20-17(23)15-11-19-21(2)16(15)18(24)25/h3-12H,1-2H3,(H,20,23)(H,24,25). The van der Waals surface area contributed by atoms with Crippen LogP contribution in [0.4, 0.5) is 0 Å². The molecule has 2 aromatic heterocycles. The maximum atomic E-state index is 12.4. The fraction of sp³-hybridized carbons (Fsp3) is 0.167. The van der Waals surface area contributed by atoms with E-state index in [4.69, 9.17) is 0 Å². The largest absolute Gasteiger partial charge is 0.477 e. The van der Waals surface area contributed by atoms with Crippen molar-refractivity contribution < 1.29 is 14.7 Å². The van der Waals surface area contributed by atoms with Crippen LogP contribution in [0.25, 0.3) is 5.69 Å². The van der Waals surface area contributed by atoms with E-state index in [1.165, 1.54) is 17.9 Å². The molecule has 0 saturated carbocycles. The summed E-state index contributed by atoms with van der Waals surface area (Å²) >= 11 is 0. The molecule has 0 radical (unpaired) electrons. The highest BCUT2D eigenvalue weighted by molar-refractivity contribution is 6.03. The summed E-state index contributed by atoms with van der Waals surface area (Å²) < 4.78 is 3.15. The van der Waals surface area contributed by atoms with Gasteiger partial charge in [-0.05, 0) is 36.8 Å². The molecule has 0 aliphatic rings. The van der Waals surface area contributed by atoms with E-state index in [2.05, 4.69) is 10.4 Å².